The Labute approximate surface area is 185 Å². The number of aromatic nitrogens is 2. The molecular formula is C23H25F3N3O2P. The van der Waals surface area contributed by atoms with Crippen molar-refractivity contribution < 1.29 is 22.3 Å². The molecule has 3 rings (SSSR count). The van der Waals surface area contributed by atoms with Crippen LogP contribution in [0.5, 0.6) is 0 Å². The summed E-state index contributed by atoms with van der Waals surface area (Å²) in [5.41, 5.74) is 1.40. The second-order valence-electron chi connectivity index (χ2n) is 7.20. The average Bonchev–Trinajstić information content (AvgIpc) is 3.02. The van der Waals surface area contributed by atoms with Crippen LogP contribution < -0.4 is 0 Å². The number of nitriles is 1. The summed E-state index contributed by atoms with van der Waals surface area (Å²) in [6.07, 6.45) is 0.333. The van der Waals surface area contributed by atoms with Gasteiger partial charge in [0.2, 0.25) is 7.37 Å². The fraction of sp³-hybridized carbons (Fsp3) is 0.304. The molecule has 0 aliphatic carbocycles. The zero-order valence-electron chi connectivity index (χ0n) is 17.3. The van der Waals surface area contributed by atoms with Gasteiger partial charge < -0.3 is 9.09 Å². The number of rotatable bonds is 6. The summed E-state index contributed by atoms with van der Waals surface area (Å²) in [6, 6.07) is 9.37. The first-order chi connectivity index (χ1) is 14.5. The number of benzene rings is 1. The molecule has 0 amide bonds. The van der Waals surface area contributed by atoms with Gasteiger partial charge >= 0.3 is 6.18 Å². The lowest BCUT2D eigenvalue weighted by Crippen LogP contribution is -2.07. The molecule has 0 spiro atoms. The van der Waals surface area contributed by atoms with Crippen LogP contribution in [0.2, 0.25) is 0 Å². The van der Waals surface area contributed by atoms with Gasteiger partial charge in [-0.1, -0.05) is 19.1 Å². The van der Waals surface area contributed by atoms with E-state index in [0.717, 1.165) is 12.1 Å². The monoisotopic (exact) mass is 463 g/mol. The Morgan fingerprint density at radius 1 is 1.34 bits per heavy atom. The fourth-order valence-electron chi connectivity index (χ4n) is 3.40. The van der Waals surface area contributed by atoms with Crippen molar-refractivity contribution in [1.82, 2.24) is 9.55 Å². The Kier molecular flexibility index (Phi) is 7.71. The molecule has 3 aromatic rings. The van der Waals surface area contributed by atoms with Crippen LogP contribution in [0.15, 0.2) is 48.0 Å². The van der Waals surface area contributed by atoms with E-state index in [2.05, 4.69) is 4.98 Å². The molecule has 170 valence electrons. The first-order valence-electron chi connectivity index (χ1n) is 9.51. The van der Waals surface area contributed by atoms with Crippen LogP contribution in [0.3, 0.4) is 0 Å². The molecule has 0 bridgehead atoms. The zero-order valence-corrected chi connectivity index (χ0v) is 18.2. The largest absolute Gasteiger partial charge is 0.416 e. The van der Waals surface area contributed by atoms with Gasteiger partial charge in [-0.15, -0.1) is 0 Å². The predicted molar refractivity (Wildman–Crippen MR) is 120 cm³/mol. The third kappa shape index (κ3) is 5.48. The number of halogens is 3. The van der Waals surface area contributed by atoms with E-state index in [0.29, 0.717) is 27.7 Å². The lowest BCUT2D eigenvalue weighted by atomic mass is 10.1. The van der Waals surface area contributed by atoms with E-state index in [-0.39, 0.29) is 25.9 Å². The number of hydrogen-bond donors (Lipinski definition) is 0. The molecule has 2 aromatic heterocycles. The smallest absolute Gasteiger partial charge is 0.327 e. The first-order valence-corrected chi connectivity index (χ1v) is 11.6. The van der Waals surface area contributed by atoms with E-state index in [9.17, 15) is 23.0 Å². The van der Waals surface area contributed by atoms with E-state index in [1.54, 1.807) is 49.0 Å². The lowest BCUT2D eigenvalue weighted by molar-refractivity contribution is -0.137. The van der Waals surface area contributed by atoms with Gasteiger partial charge in [0, 0.05) is 36.6 Å². The summed E-state index contributed by atoms with van der Waals surface area (Å²) in [6.45, 7) is 5.05. The van der Waals surface area contributed by atoms with E-state index in [4.69, 9.17) is 4.52 Å². The number of alkyl halides is 3. The Hall–Kier alpha value is -2.88. The lowest BCUT2D eigenvalue weighted by Gasteiger charge is -2.11. The van der Waals surface area contributed by atoms with Gasteiger partial charge in [-0.05, 0) is 49.8 Å². The fourth-order valence-corrected chi connectivity index (χ4v) is 4.59. The third-order valence-electron chi connectivity index (χ3n) is 4.70. The van der Waals surface area contributed by atoms with Gasteiger partial charge in [-0.3, -0.25) is 4.57 Å². The summed E-state index contributed by atoms with van der Waals surface area (Å²) in [7, 11) is -3.29. The number of allylic oxidation sites excluding steroid dienone is 1. The molecule has 0 saturated heterocycles. The quantitative estimate of drug-likeness (QED) is 0.296. The minimum absolute atomic E-state index is 0. The van der Waals surface area contributed by atoms with Crippen LogP contribution in [0.4, 0.5) is 13.2 Å². The second kappa shape index (κ2) is 9.72. The van der Waals surface area contributed by atoms with Crippen molar-refractivity contribution in [3.05, 3.63) is 70.3 Å². The predicted octanol–water partition coefficient (Wildman–Crippen LogP) is 6.86. The van der Waals surface area contributed by atoms with Crippen LogP contribution in [0, 0.1) is 18.3 Å². The highest BCUT2D eigenvalue weighted by molar-refractivity contribution is 7.63. The molecule has 32 heavy (non-hydrogen) atoms. The van der Waals surface area contributed by atoms with E-state index < -0.39 is 19.1 Å². The van der Waals surface area contributed by atoms with Crippen molar-refractivity contribution in [3.8, 4) is 6.07 Å². The van der Waals surface area contributed by atoms with Gasteiger partial charge in [0.05, 0.1) is 12.2 Å². The van der Waals surface area contributed by atoms with Crippen LogP contribution in [0.25, 0.3) is 17.1 Å². The van der Waals surface area contributed by atoms with Gasteiger partial charge in [-0.2, -0.15) is 18.4 Å². The highest BCUT2D eigenvalue weighted by Gasteiger charge is 2.31. The van der Waals surface area contributed by atoms with E-state index in [1.807, 2.05) is 6.07 Å². The SMILES string of the molecule is C.CCOP(C)(=O)/C(C#N)=C/c1cn(Cc2cc(C)cc(C(F)(F)F)c2)c2ncccc12. The molecule has 0 fully saturated rings. The maximum Gasteiger partial charge on any atom is 0.416 e. The van der Waals surface area contributed by atoms with Crippen LogP contribution in [0.1, 0.15) is 36.6 Å². The summed E-state index contributed by atoms with van der Waals surface area (Å²) in [5, 5.41) is 10.2. The second-order valence-corrected chi connectivity index (χ2v) is 9.63. The molecule has 1 unspecified atom stereocenters. The Balaban J connectivity index is 0.00000363. The van der Waals surface area contributed by atoms with Gasteiger partial charge in [0.1, 0.15) is 17.0 Å². The highest BCUT2D eigenvalue weighted by Crippen LogP contribution is 2.51. The molecule has 9 heteroatoms. The van der Waals surface area contributed by atoms with E-state index in [1.165, 1.54) is 12.7 Å². The summed E-state index contributed by atoms with van der Waals surface area (Å²) < 4.78 is 59.3. The molecular weight excluding hydrogens is 438 g/mol. The first kappa shape index (κ1) is 25.4. The minimum Gasteiger partial charge on any atom is -0.327 e. The van der Waals surface area contributed by atoms with Crippen molar-refractivity contribution in [2.75, 3.05) is 13.3 Å². The summed E-state index contributed by atoms with van der Waals surface area (Å²) in [5.74, 6) is 0. The molecule has 5 nitrogen and oxygen atoms in total. The molecule has 0 aliphatic rings. The topological polar surface area (TPSA) is 67.9 Å². The molecule has 0 aliphatic heterocycles. The third-order valence-corrected chi connectivity index (χ3v) is 6.56. The number of nitrogens with zero attached hydrogens (tertiary/aromatic N) is 3. The van der Waals surface area contributed by atoms with E-state index >= 15 is 0 Å². The van der Waals surface area contributed by atoms with Crippen molar-refractivity contribution in [2.24, 2.45) is 0 Å². The van der Waals surface area contributed by atoms with Crippen molar-refractivity contribution >= 4 is 24.5 Å². The number of hydrogen-bond acceptors (Lipinski definition) is 4. The molecule has 0 radical (unpaired) electrons. The van der Waals surface area contributed by atoms with Crippen LogP contribution in [-0.2, 0) is 21.8 Å². The average molecular weight is 463 g/mol. The summed E-state index contributed by atoms with van der Waals surface area (Å²) in [4.78, 5) is 4.35. The van der Waals surface area contributed by atoms with Crippen molar-refractivity contribution in [2.45, 2.75) is 34.0 Å². The molecule has 0 saturated carbocycles. The number of aryl methyl sites for hydroxylation is 1. The number of fused-ring (bicyclic) bond motifs is 1. The Morgan fingerprint density at radius 2 is 2.06 bits per heavy atom. The van der Waals surface area contributed by atoms with Crippen molar-refractivity contribution in [1.29, 1.82) is 5.26 Å². The minimum atomic E-state index is -4.44. The van der Waals surface area contributed by atoms with Crippen molar-refractivity contribution in [3.63, 3.8) is 0 Å². The van der Waals surface area contributed by atoms with Gasteiger partial charge in [-0.25, -0.2) is 4.98 Å². The standard InChI is InChI=1S/C22H21F3N3O2P.CH4/c1-4-30-31(3,29)19(12-26)11-17-14-28(21-20(17)6-5-7-27-21)13-16-8-15(2)9-18(10-16)22(23,24)25;/h5-11,14H,4,13H2,1-3H3;1H4/b19-11+;. The Bertz CT molecular complexity index is 1240. The maximum atomic E-state index is 13.2. The Morgan fingerprint density at radius 3 is 2.69 bits per heavy atom. The summed E-state index contributed by atoms with van der Waals surface area (Å²) >= 11 is 0. The maximum absolute atomic E-state index is 13.2. The highest BCUT2D eigenvalue weighted by atomic mass is 31.2. The number of pyridine rings is 1. The normalized spacial score (nSPS) is 14.0. The molecule has 1 atom stereocenters. The van der Waals surface area contributed by atoms with Crippen LogP contribution in [-0.4, -0.2) is 22.8 Å². The molecule has 0 N–H and O–H groups in total. The van der Waals surface area contributed by atoms with Gasteiger partial charge in [0.15, 0.2) is 0 Å². The van der Waals surface area contributed by atoms with Crippen LogP contribution >= 0.6 is 7.37 Å². The molecule has 1 aromatic carbocycles. The molecule has 2 heterocycles. The zero-order chi connectivity index (χ0) is 22.8. The van der Waals surface area contributed by atoms with Gasteiger partial charge in [0.25, 0.3) is 0 Å².